The average molecular weight is 330 g/mol. The second kappa shape index (κ2) is 5.49. The number of fused-ring (bicyclic) bond motifs is 1. The van der Waals surface area contributed by atoms with Gasteiger partial charge in [0, 0.05) is 5.38 Å². The molecule has 0 aromatic carbocycles. The van der Waals surface area contributed by atoms with Crippen LogP contribution < -0.4 is 10.6 Å². The first-order valence-corrected chi connectivity index (χ1v) is 7.68. The van der Waals surface area contributed by atoms with E-state index < -0.39 is 12.7 Å². The molecule has 110 valence electrons. The maximum Gasteiger partial charge on any atom is 0.405 e. The molecule has 0 amide bonds. The molecule has 9 heteroatoms. The van der Waals surface area contributed by atoms with Gasteiger partial charge in [0.1, 0.15) is 12.4 Å². The van der Waals surface area contributed by atoms with Crippen LogP contribution in [0.25, 0.3) is 10.2 Å². The third-order valence-corrected chi connectivity index (χ3v) is 4.13. The van der Waals surface area contributed by atoms with Crippen molar-refractivity contribution < 1.29 is 13.2 Å². The number of hydrogen-bond donors (Lipinski definition) is 2. The summed E-state index contributed by atoms with van der Waals surface area (Å²) < 4.78 is 37.7. The Hall–Kier alpha value is -1.87. The Labute approximate surface area is 125 Å². The monoisotopic (exact) mass is 330 g/mol. The van der Waals surface area contributed by atoms with Gasteiger partial charge in [0.15, 0.2) is 0 Å². The van der Waals surface area contributed by atoms with E-state index in [1.165, 1.54) is 22.7 Å². The summed E-state index contributed by atoms with van der Waals surface area (Å²) in [6.07, 6.45) is -4.30. The fraction of sp³-hybridized carbons (Fsp3) is 0.167. The molecule has 0 saturated carbocycles. The van der Waals surface area contributed by atoms with Gasteiger partial charge in [-0.1, -0.05) is 0 Å². The SMILES string of the molecule is FC(F)(F)CNc1nc(Nc2ccsc2)nc2ccsc12. The van der Waals surface area contributed by atoms with Gasteiger partial charge >= 0.3 is 6.18 Å². The Morgan fingerprint density at radius 2 is 2.00 bits per heavy atom. The van der Waals surface area contributed by atoms with Crippen molar-refractivity contribution in [3.63, 3.8) is 0 Å². The predicted octanol–water partition coefficient (Wildman–Crippen LogP) is 4.47. The number of halogens is 3. The van der Waals surface area contributed by atoms with Crippen LogP contribution in [0, 0.1) is 0 Å². The number of thiophene rings is 2. The normalized spacial score (nSPS) is 11.8. The lowest BCUT2D eigenvalue weighted by Gasteiger charge is -2.11. The van der Waals surface area contributed by atoms with Gasteiger partial charge in [0.05, 0.1) is 15.9 Å². The van der Waals surface area contributed by atoms with Crippen LogP contribution in [0.5, 0.6) is 0 Å². The van der Waals surface area contributed by atoms with Crippen molar-refractivity contribution in [1.29, 1.82) is 0 Å². The molecule has 0 fully saturated rings. The maximum atomic E-state index is 12.4. The molecule has 0 unspecified atom stereocenters. The zero-order chi connectivity index (χ0) is 14.9. The highest BCUT2D eigenvalue weighted by molar-refractivity contribution is 7.17. The number of nitrogens with zero attached hydrogens (tertiary/aromatic N) is 2. The Morgan fingerprint density at radius 1 is 1.14 bits per heavy atom. The van der Waals surface area contributed by atoms with Gasteiger partial charge in [-0.25, -0.2) is 4.98 Å². The smallest absolute Gasteiger partial charge is 0.360 e. The second-order valence-electron chi connectivity index (χ2n) is 4.14. The molecule has 3 aromatic heterocycles. The molecule has 0 spiro atoms. The van der Waals surface area contributed by atoms with E-state index in [9.17, 15) is 13.2 Å². The lowest BCUT2D eigenvalue weighted by molar-refractivity contribution is -0.115. The summed E-state index contributed by atoms with van der Waals surface area (Å²) in [6.45, 7) is -1.13. The molecule has 2 N–H and O–H groups in total. The fourth-order valence-electron chi connectivity index (χ4n) is 1.69. The number of alkyl halides is 3. The van der Waals surface area contributed by atoms with Gasteiger partial charge in [-0.15, -0.1) is 11.3 Å². The molecule has 0 saturated heterocycles. The van der Waals surface area contributed by atoms with E-state index in [4.69, 9.17) is 0 Å². The first-order valence-electron chi connectivity index (χ1n) is 5.86. The van der Waals surface area contributed by atoms with Crippen molar-refractivity contribution in [1.82, 2.24) is 9.97 Å². The second-order valence-corrected chi connectivity index (χ2v) is 5.83. The first kappa shape index (κ1) is 14.1. The molecule has 0 atom stereocenters. The van der Waals surface area contributed by atoms with E-state index in [0.29, 0.717) is 10.2 Å². The predicted molar refractivity (Wildman–Crippen MR) is 79.6 cm³/mol. The van der Waals surface area contributed by atoms with Crippen LogP contribution in [0.3, 0.4) is 0 Å². The topological polar surface area (TPSA) is 49.8 Å². The summed E-state index contributed by atoms with van der Waals surface area (Å²) in [4.78, 5) is 8.42. The van der Waals surface area contributed by atoms with Crippen molar-refractivity contribution in [2.45, 2.75) is 6.18 Å². The van der Waals surface area contributed by atoms with Crippen LogP contribution >= 0.6 is 22.7 Å². The van der Waals surface area contributed by atoms with Crippen LogP contribution in [0.4, 0.5) is 30.6 Å². The van der Waals surface area contributed by atoms with E-state index in [-0.39, 0.29) is 11.8 Å². The molecule has 0 aliphatic rings. The Bertz CT molecular complexity index is 737. The number of aromatic nitrogens is 2. The van der Waals surface area contributed by atoms with E-state index in [2.05, 4.69) is 20.6 Å². The molecule has 3 heterocycles. The zero-order valence-electron chi connectivity index (χ0n) is 10.4. The number of anilines is 3. The molecule has 0 aliphatic heterocycles. The third kappa shape index (κ3) is 3.42. The van der Waals surface area contributed by atoms with Gasteiger partial charge in [0.25, 0.3) is 0 Å². The maximum absolute atomic E-state index is 12.4. The van der Waals surface area contributed by atoms with E-state index in [0.717, 1.165) is 5.69 Å². The number of nitrogens with one attached hydrogen (secondary N) is 2. The molecule has 3 rings (SSSR count). The minimum Gasteiger partial charge on any atom is -0.360 e. The summed E-state index contributed by atoms with van der Waals surface area (Å²) in [6, 6.07) is 3.59. The van der Waals surface area contributed by atoms with Crippen molar-refractivity contribution in [3.8, 4) is 0 Å². The van der Waals surface area contributed by atoms with Crippen molar-refractivity contribution in [2.75, 3.05) is 17.2 Å². The highest BCUT2D eigenvalue weighted by Crippen LogP contribution is 2.29. The Kier molecular flexibility index (Phi) is 3.68. The third-order valence-electron chi connectivity index (χ3n) is 2.54. The van der Waals surface area contributed by atoms with Gasteiger partial charge < -0.3 is 10.6 Å². The minimum absolute atomic E-state index is 0.185. The summed E-state index contributed by atoms with van der Waals surface area (Å²) in [7, 11) is 0. The summed E-state index contributed by atoms with van der Waals surface area (Å²) in [5.41, 5.74) is 1.41. The average Bonchev–Trinajstić information content (AvgIpc) is 3.05. The van der Waals surface area contributed by atoms with Crippen molar-refractivity contribution in [2.24, 2.45) is 0 Å². The Morgan fingerprint density at radius 3 is 2.71 bits per heavy atom. The van der Waals surface area contributed by atoms with Gasteiger partial charge in [-0.05, 0) is 22.9 Å². The van der Waals surface area contributed by atoms with Gasteiger partial charge in [-0.2, -0.15) is 29.5 Å². The summed E-state index contributed by atoms with van der Waals surface area (Å²) in [5.74, 6) is 0.453. The molecule has 0 aliphatic carbocycles. The summed E-state index contributed by atoms with van der Waals surface area (Å²) >= 11 is 2.80. The molecular weight excluding hydrogens is 321 g/mol. The Balaban J connectivity index is 1.91. The standard InChI is InChI=1S/C12H9F3N4S2/c13-12(14,15)6-16-10-9-8(2-4-21-9)18-11(19-10)17-7-1-3-20-5-7/h1-5H,6H2,(H2,16,17,18,19). The van der Waals surface area contributed by atoms with Crippen LogP contribution in [0.15, 0.2) is 28.3 Å². The fourth-order valence-corrected chi connectivity index (χ4v) is 3.07. The highest BCUT2D eigenvalue weighted by Gasteiger charge is 2.27. The van der Waals surface area contributed by atoms with Crippen LogP contribution in [0.1, 0.15) is 0 Å². The molecule has 0 bridgehead atoms. The van der Waals surface area contributed by atoms with Crippen LogP contribution in [-0.4, -0.2) is 22.7 Å². The lowest BCUT2D eigenvalue weighted by atomic mass is 10.4. The van der Waals surface area contributed by atoms with Crippen LogP contribution in [-0.2, 0) is 0 Å². The number of rotatable bonds is 4. The van der Waals surface area contributed by atoms with Crippen LogP contribution in [0.2, 0.25) is 0 Å². The lowest BCUT2D eigenvalue weighted by Crippen LogP contribution is -2.22. The van der Waals surface area contributed by atoms with E-state index in [1.54, 1.807) is 11.4 Å². The van der Waals surface area contributed by atoms with Gasteiger partial charge in [-0.3, -0.25) is 0 Å². The molecule has 4 nitrogen and oxygen atoms in total. The van der Waals surface area contributed by atoms with E-state index in [1.807, 2.05) is 16.8 Å². The first-order chi connectivity index (χ1) is 10.0. The molecule has 0 radical (unpaired) electrons. The highest BCUT2D eigenvalue weighted by atomic mass is 32.1. The molecule has 3 aromatic rings. The minimum atomic E-state index is -4.30. The molecular formula is C12H9F3N4S2. The zero-order valence-corrected chi connectivity index (χ0v) is 12.1. The van der Waals surface area contributed by atoms with Gasteiger partial charge in [0.2, 0.25) is 5.95 Å². The largest absolute Gasteiger partial charge is 0.405 e. The van der Waals surface area contributed by atoms with E-state index >= 15 is 0 Å². The quantitative estimate of drug-likeness (QED) is 0.741. The molecule has 21 heavy (non-hydrogen) atoms. The van der Waals surface area contributed by atoms with Crippen molar-refractivity contribution >= 4 is 50.3 Å². The number of hydrogen-bond acceptors (Lipinski definition) is 6. The van der Waals surface area contributed by atoms with Crippen molar-refractivity contribution in [3.05, 3.63) is 28.3 Å². The summed E-state index contributed by atoms with van der Waals surface area (Å²) in [5, 5.41) is 10.8.